The minimum absolute atomic E-state index is 0.753. The Morgan fingerprint density at radius 1 is 1.33 bits per heavy atom. The predicted molar refractivity (Wildman–Crippen MR) is 80.1 cm³/mol. The summed E-state index contributed by atoms with van der Waals surface area (Å²) in [5, 5.41) is 3.85. The van der Waals surface area contributed by atoms with Crippen molar-refractivity contribution in [3.8, 4) is 0 Å². The van der Waals surface area contributed by atoms with Crippen LogP contribution < -0.4 is 5.32 Å². The third-order valence-corrected chi connectivity index (χ3v) is 6.60. The van der Waals surface area contributed by atoms with Crippen LogP contribution >= 0.6 is 11.8 Å². The summed E-state index contributed by atoms with van der Waals surface area (Å²) in [5.41, 5.74) is 0. The summed E-state index contributed by atoms with van der Waals surface area (Å²) in [6, 6.07) is 1.52. The molecule has 3 fully saturated rings. The van der Waals surface area contributed by atoms with Gasteiger partial charge in [-0.15, -0.1) is 0 Å². The Balaban J connectivity index is 1.70. The lowest BCUT2D eigenvalue weighted by Gasteiger charge is -2.43. The van der Waals surface area contributed by atoms with Gasteiger partial charge in [0, 0.05) is 30.1 Å². The molecule has 5 unspecified atom stereocenters. The highest BCUT2D eigenvalue weighted by atomic mass is 32.2. The third-order valence-electron chi connectivity index (χ3n) is 5.55. The van der Waals surface area contributed by atoms with Gasteiger partial charge in [-0.25, -0.2) is 0 Å². The lowest BCUT2D eigenvalue weighted by Crippen LogP contribution is -2.56. The smallest absolute Gasteiger partial charge is 0.0339 e. The standard InChI is InChI=1S/C15H28N2S/c1-3-16-15(14-10-18-7-6-17(14)2)13-9-11-4-5-12(13)8-11/h11-16H,3-10H2,1-2H3. The van der Waals surface area contributed by atoms with Gasteiger partial charge >= 0.3 is 0 Å². The summed E-state index contributed by atoms with van der Waals surface area (Å²) < 4.78 is 0. The fourth-order valence-electron chi connectivity index (χ4n) is 4.63. The summed E-state index contributed by atoms with van der Waals surface area (Å²) in [6.07, 6.45) is 6.09. The van der Waals surface area contributed by atoms with E-state index in [-0.39, 0.29) is 0 Å². The predicted octanol–water partition coefficient (Wildman–Crippen LogP) is 2.45. The van der Waals surface area contributed by atoms with Gasteiger partial charge in [0.25, 0.3) is 0 Å². The van der Waals surface area contributed by atoms with Gasteiger partial charge in [0.15, 0.2) is 0 Å². The first-order valence-corrected chi connectivity index (χ1v) is 8.96. The van der Waals surface area contributed by atoms with Crippen molar-refractivity contribution in [2.24, 2.45) is 17.8 Å². The highest BCUT2D eigenvalue weighted by Crippen LogP contribution is 2.50. The van der Waals surface area contributed by atoms with Crippen LogP contribution in [0.1, 0.15) is 32.6 Å². The molecule has 3 aliphatic rings. The van der Waals surface area contributed by atoms with Crippen LogP contribution in [0.2, 0.25) is 0 Å². The molecular weight excluding hydrogens is 240 g/mol. The largest absolute Gasteiger partial charge is 0.312 e. The van der Waals surface area contributed by atoms with E-state index in [1.807, 2.05) is 0 Å². The van der Waals surface area contributed by atoms with Gasteiger partial charge in [-0.1, -0.05) is 13.3 Å². The molecule has 3 rings (SSSR count). The van der Waals surface area contributed by atoms with E-state index in [1.165, 1.54) is 43.7 Å². The first-order chi connectivity index (χ1) is 8.79. The zero-order chi connectivity index (χ0) is 12.5. The number of thioether (sulfide) groups is 1. The van der Waals surface area contributed by atoms with Crippen LogP contribution in [-0.2, 0) is 0 Å². The maximum absolute atomic E-state index is 3.85. The van der Waals surface area contributed by atoms with Gasteiger partial charge in [-0.05, 0) is 50.6 Å². The molecule has 2 aliphatic carbocycles. The fourth-order valence-corrected chi connectivity index (χ4v) is 5.91. The van der Waals surface area contributed by atoms with Crippen molar-refractivity contribution in [3.63, 3.8) is 0 Å². The van der Waals surface area contributed by atoms with Crippen LogP contribution in [0.25, 0.3) is 0 Å². The number of likely N-dealkylation sites (N-methyl/N-ethyl adjacent to an activating group) is 2. The summed E-state index contributed by atoms with van der Waals surface area (Å²) in [4.78, 5) is 2.62. The molecular formula is C15H28N2S. The number of fused-ring (bicyclic) bond motifs is 2. The van der Waals surface area contributed by atoms with Gasteiger partial charge in [0.2, 0.25) is 0 Å². The van der Waals surface area contributed by atoms with E-state index in [2.05, 4.69) is 35.9 Å². The zero-order valence-electron chi connectivity index (χ0n) is 11.9. The number of hydrogen-bond acceptors (Lipinski definition) is 3. The average molecular weight is 268 g/mol. The van der Waals surface area contributed by atoms with E-state index in [1.54, 1.807) is 0 Å². The Hall–Kier alpha value is 0.270. The van der Waals surface area contributed by atoms with Gasteiger partial charge in [0.1, 0.15) is 0 Å². The second-order valence-corrected chi connectivity index (χ2v) is 7.69. The number of rotatable bonds is 4. The van der Waals surface area contributed by atoms with Crippen molar-refractivity contribution in [1.82, 2.24) is 10.2 Å². The van der Waals surface area contributed by atoms with Crippen LogP contribution in [0.15, 0.2) is 0 Å². The Bertz CT molecular complexity index is 282. The van der Waals surface area contributed by atoms with Crippen LogP contribution in [0.3, 0.4) is 0 Å². The Labute approximate surface area is 116 Å². The molecule has 0 aromatic carbocycles. The van der Waals surface area contributed by atoms with E-state index in [0.29, 0.717) is 0 Å². The molecule has 5 atom stereocenters. The number of nitrogens with one attached hydrogen (secondary N) is 1. The molecule has 3 heteroatoms. The van der Waals surface area contributed by atoms with E-state index in [4.69, 9.17) is 0 Å². The van der Waals surface area contributed by atoms with Crippen molar-refractivity contribution < 1.29 is 0 Å². The van der Waals surface area contributed by atoms with E-state index in [0.717, 1.165) is 36.4 Å². The van der Waals surface area contributed by atoms with Crippen LogP contribution in [0, 0.1) is 17.8 Å². The molecule has 2 bridgehead atoms. The molecule has 0 aromatic heterocycles. The molecule has 0 spiro atoms. The number of nitrogens with zero attached hydrogens (tertiary/aromatic N) is 1. The Morgan fingerprint density at radius 2 is 2.22 bits per heavy atom. The molecule has 1 saturated heterocycles. The van der Waals surface area contributed by atoms with Crippen molar-refractivity contribution in [2.45, 2.75) is 44.7 Å². The molecule has 2 saturated carbocycles. The van der Waals surface area contributed by atoms with E-state index < -0.39 is 0 Å². The third kappa shape index (κ3) is 2.46. The van der Waals surface area contributed by atoms with Crippen LogP contribution in [0.5, 0.6) is 0 Å². The number of hydrogen-bond donors (Lipinski definition) is 1. The summed E-state index contributed by atoms with van der Waals surface area (Å²) >= 11 is 2.16. The Morgan fingerprint density at radius 3 is 2.83 bits per heavy atom. The molecule has 0 aromatic rings. The Kier molecular flexibility index (Phi) is 4.21. The molecule has 0 radical (unpaired) electrons. The first-order valence-electron chi connectivity index (χ1n) is 7.81. The topological polar surface area (TPSA) is 15.3 Å². The maximum Gasteiger partial charge on any atom is 0.0339 e. The molecule has 2 nitrogen and oxygen atoms in total. The lowest BCUT2D eigenvalue weighted by molar-refractivity contribution is 0.143. The summed E-state index contributed by atoms with van der Waals surface area (Å²) in [5.74, 6) is 5.74. The highest BCUT2D eigenvalue weighted by Gasteiger charge is 2.45. The molecule has 1 heterocycles. The fraction of sp³-hybridized carbons (Fsp3) is 1.00. The first kappa shape index (κ1) is 13.3. The maximum atomic E-state index is 3.85. The summed E-state index contributed by atoms with van der Waals surface area (Å²) in [6.45, 7) is 4.68. The van der Waals surface area contributed by atoms with Crippen molar-refractivity contribution in [1.29, 1.82) is 0 Å². The van der Waals surface area contributed by atoms with Gasteiger partial charge < -0.3 is 10.2 Å². The van der Waals surface area contributed by atoms with Gasteiger partial charge in [-0.3, -0.25) is 0 Å². The minimum atomic E-state index is 0.753. The van der Waals surface area contributed by atoms with Crippen molar-refractivity contribution >= 4 is 11.8 Å². The van der Waals surface area contributed by atoms with Crippen LogP contribution in [0.4, 0.5) is 0 Å². The molecule has 1 N–H and O–H groups in total. The quantitative estimate of drug-likeness (QED) is 0.843. The van der Waals surface area contributed by atoms with Gasteiger partial charge in [0.05, 0.1) is 0 Å². The molecule has 1 aliphatic heterocycles. The molecule has 18 heavy (non-hydrogen) atoms. The average Bonchev–Trinajstić information content (AvgIpc) is 2.99. The SMILES string of the molecule is CCNC(C1CC2CCC1C2)C1CSCCN1C. The second-order valence-electron chi connectivity index (χ2n) is 6.55. The molecule has 0 amide bonds. The van der Waals surface area contributed by atoms with Crippen LogP contribution in [-0.4, -0.2) is 48.6 Å². The molecule has 104 valence electrons. The monoisotopic (exact) mass is 268 g/mol. The van der Waals surface area contributed by atoms with E-state index >= 15 is 0 Å². The normalized spacial score (nSPS) is 42.3. The lowest BCUT2D eigenvalue weighted by atomic mass is 9.80. The highest BCUT2D eigenvalue weighted by molar-refractivity contribution is 7.99. The van der Waals surface area contributed by atoms with Crippen molar-refractivity contribution in [2.75, 3.05) is 31.6 Å². The minimum Gasteiger partial charge on any atom is -0.312 e. The summed E-state index contributed by atoms with van der Waals surface area (Å²) in [7, 11) is 2.34. The van der Waals surface area contributed by atoms with Gasteiger partial charge in [-0.2, -0.15) is 11.8 Å². The zero-order valence-corrected chi connectivity index (χ0v) is 12.7. The second kappa shape index (κ2) is 5.72. The van der Waals surface area contributed by atoms with Crippen molar-refractivity contribution in [3.05, 3.63) is 0 Å². The van der Waals surface area contributed by atoms with E-state index in [9.17, 15) is 0 Å².